The van der Waals surface area contributed by atoms with Gasteiger partial charge in [-0.2, -0.15) is 0 Å². The molecule has 0 aliphatic heterocycles. The van der Waals surface area contributed by atoms with Crippen molar-refractivity contribution in [2.75, 3.05) is 0 Å². The molecule has 1 heteroatoms. The number of para-hydroxylation sites is 1. The fourth-order valence-electron chi connectivity index (χ4n) is 6.44. The minimum atomic E-state index is -0.119. The Kier molecular flexibility index (Phi) is 5.68. The van der Waals surface area contributed by atoms with Gasteiger partial charge in [-0.25, -0.2) is 0 Å². The van der Waals surface area contributed by atoms with Crippen LogP contribution in [0.3, 0.4) is 0 Å². The standard InChI is InChI=1S/C36H35N/c1-6-8-17-28(24(3)7-2)26-20-22-32-31(23-26)34-35(37(32)27-15-10-9-11-16-27)30-21-19-25-14-12-13-18-29(25)33(30)36(34,4)5/h6,8-24H,7H2,1-5H3/b8-6-,28-17+. The molecule has 0 saturated heterocycles. The highest BCUT2D eigenvalue weighted by molar-refractivity contribution is 6.05. The summed E-state index contributed by atoms with van der Waals surface area (Å²) >= 11 is 0. The maximum atomic E-state index is 2.50. The Hall–Kier alpha value is -3.84. The van der Waals surface area contributed by atoms with E-state index in [1.807, 2.05) is 0 Å². The molecule has 37 heavy (non-hydrogen) atoms. The summed E-state index contributed by atoms with van der Waals surface area (Å²) in [5, 5.41) is 4.03. The molecule has 0 amide bonds. The van der Waals surface area contributed by atoms with Gasteiger partial charge in [0, 0.05) is 22.1 Å². The van der Waals surface area contributed by atoms with E-state index in [0.29, 0.717) is 5.92 Å². The first-order valence-electron chi connectivity index (χ1n) is 13.6. The van der Waals surface area contributed by atoms with Gasteiger partial charge in [-0.05, 0) is 76.6 Å². The fourth-order valence-corrected chi connectivity index (χ4v) is 6.44. The summed E-state index contributed by atoms with van der Waals surface area (Å²) in [5.74, 6) is 0.493. The molecule has 0 fully saturated rings. The van der Waals surface area contributed by atoms with Crippen LogP contribution in [-0.2, 0) is 5.41 Å². The van der Waals surface area contributed by atoms with Crippen LogP contribution in [-0.4, -0.2) is 4.57 Å². The van der Waals surface area contributed by atoms with Crippen molar-refractivity contribution in [3.8, 4) is 16.9 Å². The van der Waals surface area contributed by atoms with Crippen molar-refractivity contribution in [2.45, 2.75) is 46.5 Å². The minimum absolute atomic E-state index is 0.119. The lowest BCUT2D eigenvalue weighted by atomic mass is 9.79. The Bertz CT molecular complexity index is 1690. The van der Waals surface area contributed by atoms with Crippen LogP contribution >= 0.6 is 0 Å². The fraction of sp³-hybridized carbons (Fsp3) is 0.222. The van der Waals surface area contributed by atoms with E-state index < -0.39 is 0 Å². The van der Waals surface area contributed by atoms with Crippen LogP contribution in [0.1, 0.15) is 57.7 Å². The van der Waals surface area contributed by atoms with Crippen LogP contribution in [0.25, 0.3) is 44.2 Å². The van der Waals surface area contributed by atoms with E-state index in [2.05, 4.69) is 142 Å². The van der Waals surface area contributed by atoms with Gasteiger partial charge in [0.05, 0.1) is 11.2 Å². The molecule has 0 N–H and O–H groups in total. The van der Waals surface area contributed by atoms with E-state index in [-0.39, 0.29) is 5.41 Å². The van der Waals surface area contributed by atoms with E-state index in [9.17, 15) is 0 Å². The van der Waals surface area contributed by atoms with Crippen molar-refractivity contribution in [3.05, 3.63) is 120 Å². The zero-order valence-corrected chi connectivity index (χ0v) is 22.5. The monoisotopic (exact) mass is 481 g/mol. The van der Waals surface area contributed by atoms with Crippen molar-refractivity contribution in [2.24, 2.45) is 5.92 Å². The molecule has 184 valence electrons. The molecular weight excluding hydrogens is 446 g/mol. The number of fused-ring (bicyclic) bond motifs is 7. The Labute approximate surface area is 220 Å². The smallest absolute Gasteiger partial charge is 0.0585 e. The first-order chi connectivity index (χ1) is 18.0. The molecule has 5 aromatic rings. The zero-order chi connectivity index (χ0) is 25.7. The van der Waals surface area contributed by atoms with Crippen molar-refractivity contribution >= 4 is 27.2 Å². The quantitative estimate of drug-likeness (QED) is 0.220. The molecule has 1 unspecified atom stereocenters. The minimum Gasteiger partial charge on any atom is -0.309 e. The summed E-state index contributed by atoms with van der Waals surface area (Å²) in [6.07, 6.45) is 7.72. The van der Waals surface area contributed by atoms with Crippen LogP contribution in [0.15, 0.2) is 103 Å². The lowest BCUT2D eigenvalue weighted by molar-refractivity contribution is 0.672. The summed E-state index contributed by atoms with van der Waals surface area (Å²) in [6.45, 7) is 11.5. The second-order valence-corrected chi connectivity index (χ2v) is 10.9. The third kappa shape index (κ3) is 3.52. The molecule has 1 atom stereocenters. The highest BCUT2D eigenvalue weighted by atomic mass is 15.0. The largest absolute Gasteiger partial charge is 0.309 e. The van der Waals surface area contributed by atoms with Crippen molar-refractivity contribution in [1.29, 1.82) is 0 Å². The van der Waals surface area contributed by atoms with Crippen LogP contribution in [0, 0.1) is 5.92 Å². The van der Waals surface area contributed by atoms with Gasteiger partial charge >= 0.3 is 0 Å². The van der Waals surface area contributed by atoms with Crippen LogP contribution in [0.4, 0.5) is 0 Å². The molecular formula is C36H35N. The Morgan fingerprint density at radius 2 is 1.62 bits per heavy atom. The van der Waals surface area contributed by atoms with Crippen molar-refractivity contribution in [1.82, 2.24) is 4.57 Å². The molecule has 0 spiro atoms. The highest BCUT2D eigenvalue weighted by Crippen LogP contribution is 2.55. The maximum absolute atomic E-state index is 2.50. The molecule has 1 heterocycles. The van der Waals surface area contributed by atoms with E-state index in [1.54, 1.807) is 0 Å². The summed E-state index contributed by atoms with van der Waals surface area (Å²) in [5.41, 5.74) is 10.7. The number of allylic oxidation sites excluding steroid dienone is 4. The first kappa shape index (κ1) is 23.6. The van der Waals surface area contributed by atoms with Gasteiger partial charge in [0.15, 0.2) is 0 Å². The second kappa shape index (κ2) is 8.92. The lowest BCUT2D eigenvalue weighted by Crippen LogP contribution is -2.15. The summed E-state index contributed by atoms with van der Waals surface area (Å²) in [7, 11) is 0. The molecule has 1 aromatic heterocycles. The third-order valence-corrected chi connectivity index (χ3v) is 8.36. The number of aromatic nitrogens is 1. The summed E-state index contributed by atoms with van der Waals surface area (Å²) in [4.78, 5) is 0. The van der Waals surface area contributed by atoms with E-state index in [0.717, 1.165) is 6.42 Å². The molecule has 6 rings (SSSR count). The Balaban J connectivity index is 1.72. The van der Waals surface area contributed by atoms with Gasteiger partial charge in [-0.3, -0.25) is 0 Å². The Morgan fingerprint density at radius 3 is 2.38 bits per heavy atom. The molecule has 0 radical (unpaired) electrons. The SMILES string of the molecule is C/C=C\C=C(\c1ccc2c(c1)c1c(n2-c2ccccc2)-c2ccc3ccccc3c2C1(C)C)C(C)CC. The van der Waals surface area contributed by atoms with Gasteiger partial charge < -0.3 is 4.57 Å². The first-order valence-corrected chi connectivity index (χ1v) is 13.6. The number of nitrogens with zero attached hydrogens (tertiary/aromatic N) is 1. The molecule has 0 bridgehead atoms. The van der Waals surface area contributed by atoms with Crippen LogP contribution < -0.4 is 0 Å². The average Bonchev–Trinajstić information content (AvgIpc) is 3.39. The van der Waals surface area contributed by atoms with E-state index in [4.69, 9.17) is 0 Å². The van der Waals surface area contributed by atoms with Gasteiger partial charge in [-0.1, -0.05) is 107 Å². The average molecular weight is 482 g/mol. The van der Waals surface area contributed by atoms with Crippen LogP contribution in [0.2, 0.25) is 0 Å². The van der Waals surface area contributed by atoms with Gasteiger partial charge in [0.1, 0.15) is 0 Å². The zero-order valence-electron chi connectivity index (χ0n) is 22.5. The van der Waals surface area contributed by atoms with E-state index in [1.165, 1.54) is 60.9 Å². The maximum Gasteiger partial charge on any atom is 0.0585 e. The van der Waals surface area contributed by atoms with Gasteiger partial charge in [-0.15, -0.1) is 0 Å². The van der Waals surface area contributed by atoms with E-state index >= 15 is 0 Å². The van der Waals surface area contributed by atoms with Crippen LogP contribution in [0.5, 0.6) is 0 Å². The lowest BCUT2D eigenvalue weighted by Gasteiger charge is -2.24. The molecule has 1 aliphatic rings. The normalized spacial score (nSPS) is 15.4. The van der Waals surface area contributed by atoms with Gasteiger partial charge in [0.25, 0.3) is 0 Å². The number of hydrogen-bond donors (Lipinski definition) is 0. The predicted octanol–water partition coefficient (Wildman–Crippen LogP) is 10.1. The van der Waals surface area contributed by atoms with Crippen molar-refractivity contribution < 1.29 is 0 Å². The topological polar surface area (TPSA) is 4.93 Å². The summed E-state index contributed by atoms with van der Waals surface area (Å²) in [6, 6.07) is 31.5. The second-order valence-electron chi connectivity index (χ2n) is 10.9. The highest BCUT2D eigenvalue weighted by Gasteiger charge is 2.41. The number of rotatable bonds is 5. The molecule has 0 saturated carbocycles. The molecule has 4 aromatic carbocycles. The number of hydrogen-bond acceptors (Lipinski definition) is 0. The molecule has 1 nitrogen and oxygen atoms in total. The third-order valence-electron chi connectivity index (χ3n) is 8.36. The summed E-state index contributed by atoms with van der Waals surface area (Å²) < 4.78 is 2.50. The Morgan fingerprint density at radius 1 is 0.865 bits per heavy atom. The van der Waals surface area contributed by atoms with Gasteiger partial charge in [0.2, 0.25) is 0 Å². The van der Waals surface area contributed by atoms with Crippen molar-refractivity contribution in [3.63, 3.8) is 0 Å². The predicted molar refractivity (Wildman–Crippen MR) is 161 cm³/mol. The molecule has 1 aliphatic carbocycles. The number of benzene rings is 4.